The summed E-state index contributed by atoms with van der Waals surface area (Å²) in [6, 6.07) is 5.72. The van der Waals surface area contributed by atoms with E-state index in [9.17, 15) is 18.0 Å². The summed E-state index contributed by atoms with van der Waals surface area (Å²) in [5.74, 6) is -0.351. The Hall–Kier alpha value is -3.21. The van der Waals surface area contributed by atoms with Crippen molar-refractivity contribution < 1.29 is 18.0 Å². The van der Waals surface area contributed by atoms with Crippen LogP contribution in [-0.4, -0.2) is 48.6 Å². The topological polar surface area (TPSA) is 130 Å². The van der Waals surface area contributed by atoms with Crippen molar-refractivity contribution in [1.29, 1.82) is 0 Å². The zero-order valence-electron chi connectivity index (χ0n) is 21.4. The first kappa shape index (κ1) is 25.1. The number of carbonyl (C=O) groups is 2. The Bertz CT molecular complexity index is 1540. The van der Waals surface area contributed by atoms with Gasteiger partial charge in [0.05, 0.1) is 10.6 Å². The van der Waals surface area contributed by atoms with Gasteiger partial charge < -0.3 is 5.32 Å². The van der Waals surface area contributed by atoms with Crippen LogP contribution in [0.5, 0.6) is 0 Å². The highest BCUT2D eigenvalue weighted by Crippen LogP contribution is 2.44. The monoisotopic (exact) mass is 533 g/mol. The lowest BCUT2D eigenvalue weighted by Crippen LogP contribution is -2.67. The third-order valence-corrected chi connectivity index (χ3v) is 9.12. The van der Waals surface area contributed by atoms with Crippen molar-refractivity contribution >= 4 is 38.0 Å². The fourth-order valence-electron chi connectivity index (χ4n) is 5.46. The van der Waals surface area contributed by atoms with E-state index in [-0.39, 0.29) is 16.9 Å². The molecule has 1 aromatic carbocycles. The molecule has 0 aliphatic heterocycles. The van der Waals surface area contributed by atoms with E-state index >= 15 is 0 Å². The number of nitrogens with one attached hydrogen (secondary N) is 3. The van der Waals surface area contributed by atoms with E-state index in [4.69, 9.17) is 4.98 Å². The molecule has 0 radical (unpaired) electrons. The molecule has 0 bridgehead atoms. The first-order chi connectivity index (χ1) is 18.2. The van der Waals surface area contributed by atoms with Gasteiger partial charge in [-0.1, -0.05) is 13.8 Å². The van der Waals surface area contributed by atoms with Gasteiger partial charge in [-0.2, -0.15) is 0 Å². The van der Waals surface area contributed by atoms with Crippen LogP contribution in [-0.2, 0) is 26.0 Å². The van der Waals surface area contributed by atoms with Gasteiger partial charge in [-0.3, -0.25) is 24.9 Å². The number of pyridine rings is 2. The molecule has 10 heteroatoms. The van der Waals surface area contributed by atoms with Gasteiger partial charge in [0, 0.05) is 53.6 Å². The standard InChI is InChI=1S/C28H31N5O4S/c1-15(2)12-31-38(36,37)23-10-17-7-8-21(24(17)20-14-30-22(11-19(20)23)16-5-6-16)33-26-25(27(34)28(26)35)32-18-4-3-9-29-13-18/h3-4,9-11,13-16,21,25-26,31-33H,5-8,12H2,1-2H3. The van der Waals surface area contributed by atoms with E-state index in [0.717, 1.165) is 35.0 Å². The number of sulfonamides is 1. The molecule has 0 amide bonds. The molecule has 3 aliphatic carbocycles. The average molecular weight is 534 g/mol. The normalized spacial score (nSPS) is 23.1. The number of Topliss-reactive ketones (excluding diaryl/α,β-unsaturated/α-hetero) is 2. The number of hydrogen-bond donors (Lipinski definition) is 3. The van der Waals surface area contributed by atoms with Crippen molar-refractivity contribution in [1.82, 2.24) is 20.0 Å². The molecule has 3 N–H and O–H groups in total. The maximum Gasteiger partial charge on any atom is 0.241 e. The van der Waals surface area contributed by atoms with Crippen LogP contribution in [0.1, 0.15) is 61.9 Å². The first-order valence-corrected chi connectivity index (χ1v) is 14.7. The van der Waals surface area contributed by atoms with E-state index in [1.807, 2.05) is 19.9 Å². The number of carbonyl (C=O) groups excluding carboxylic acids is 2. The molecule has 198 valence electrons. The Labute approximate surface area is 221 Å². The number of ketones is 2. The minimum atomic E-state index is -3.73. The summed E-state index contributed by atoms with van der Waals surface area (Å²) in [7, 11) is -3.73. The smallest absolute Gasteiger partial charge is 0.241 e. The van der Waals surface area contributed by atoms with Crippen LogP contribution in [0.25, 0.3) is 10.8 Å². The fourth-order valence-corrected chi connectivity index (χ4v) is 6.93. The highest BCUT2D eigenvalue weighted by molar-refractivity contribution is 7.89. The lowest BCUT2D eigenvalue weighted by atomic mass is 9.82. The summed E-state index contributed by atoms with van der Waals surface area (Å²) in [6.45, 7) is 4.30. The van der Waals surface area contributed by atoms with Crippen molar-refractivity contribution in [2.45, 2.75) is 68.5 Å². The van der Waals surface area contributed by atoms with Gasteiger partial charge in [0.15, 0.2) is 0 Å². The number of aromatic nitrogens is 2. The highest BCUT2D eigenvalue weighted by Gasteiger charge is 2.50. The van der Waals surface area contributed by atoms with E-state index < -0.39 is 33.7 Å². The summed E-state index contributed by atoms with van der Waals surface area (Å²) < 4.78 is 29.6. The molecule has 3 aliphatic rings. The van der Waals surface area contributed by atoms with Crippen LogP contribution in [0.2, 0.25) is 0 Å². The zero-order valence-corrected chi connectivity index (χ0v) is 22.2. The van der Waals surface area contributed by atoms with Crippen LogP contribution in [0.15, 0.2) is 47.8 Å². The van der Waals surface area contributed by atoms with Gasteiger partial charge in [0.2, 0.25) is 21.6 Å². The lowest BCUT2D eigenvalue weighted by molar-refractivity contribution is -0.145. The molecule has 2 aromatic heterocycles. The first-order valence-electron chi connectivity index (χ1n) is 13.2. The number of benzene rings is 1. The van der Waals surface area contributed by atoms with Crippen molar-refractivity contribution in [2.75, 3.05) is 11.9 Å². The number of fused-ring (bicyclic) bond motifs is 3. The van der Waals surface area contributed by atoms with Crippen LogP contribution in [0.4, 0.5) is 5.69 Å². The molecule has 38 heavy (non-hydrogen) atoms. The van der Waals surface area contributed by atoms with Crippen LogP contribution in [0, 0.1) is 5.92 Å². The summed E-state index contributed by atoms with van der Waals surface area (Å²) in [4.78, 5) is 34.1. The van der Waals surface area contributed by atoms with E-state index in [2.05, 4.69) is 20.3 Å². The molecule has 2 saturated carbocycles. The number of rotatable bonds is 9. The molecular formula is C28H31N5O4S. The Balaban J connectivity index is 1.36. The molecule has 3 aromatic rings. The predicted molar refractivity (Wildman–Crippen MR) is 143 cm³/mol. The Morgan fingerprint density at radius 3 is 2.53 bits per heavy atom. The average Bonchev–Trinajstić information content (AvgIpc) is 3.69. The van der Waals surface area contributed by atoms with Gasteiger partial charge >= 0.3 is 0 Å². The van der Waals surface area contributed by atoms with Gasteiger partial charge in [-0.05, 0) is 67.0 Å². The molecule has 0 spiro atoms. The third kappa shape index (κ3) is 4.50. The summed E-state index contributed by atoms with van der Waals surface area (Å²) in [5.41, 5.74) is 3.48. The molecule has 3 unspecified atom stereocenters. The Morgan fingerprint density at radius 2 is 1.82 bits per heavy atom. The SMILES string of the molecule is CC(C)CNS(=O)(=O)c1cc2c(c3cnc(C4CC4)cc13)C(NC1C(=O)C(=O)C1Nc1cccnc1)CC2. The second kappa shape index (κ2) is 9.52. The Morgan fingerprint density at radius 1 is 1.03 bits per heavy atom. The van der Waals surface area contributed by atoms with Gasteiger partial charge in [0.1, 0.15) is 12.1 Å². The molecule has 3 atom stereocenters. The molecule has 2 fully saturated rings. The largest absolute Gasteiger partial charge is 0.372 e. The number of aryl methyl sites for hydroxylation is 1. The van der Waals surface area contributed by atoms with Crippen molar-refractivity contribution in [3.05, 3.63) is 59.7 Å². The van der Waals surface area contributed by atoms with Crippen LogP contribution >= 0.6 is 0 Å². The Kier molecular flexibility index (Phi) is 6.28. The minimum absolute atomic E-state index is 0.179. The summed E-state index contributed by atoms with van der Waals surface area (Å²) >= 11 is 0. The van der Waals surface area contributed by atoms with E-state index in [1.165, 1.54) is 0 Å². The van der Waals surface area contributed by atoms with Gasteiger partial charge in [-0.15, -0.1) is 0 Å². The molecular weight excluding hydrogens is 502 g/mol. The van der Waals surface area contributed by atoms with Crippen molar-refractivity contribution in [3.8, 4) is 0 Å². The highest BCUT2D eigenvalue weighted by atomic mass is 32.2. The molecule has 6 rings (SSSR count). The zero-order chi connectivity index (χ0) is 26.6. The second-order valence-corrected chi connectivity index (χ2v) is 12.7. The lowest BCUT2D eigenvalue weighted by Gasteiger charge is -2.37. The molecule has 2 heterocycles. The maximum atomic E-state index is 13.4. The summed E-state index contributed by atoms with van der Waals surface area (Å²) in [5, 5.41) is 7.98. The number of hydrogen-bond acceptors (Lipinski definition) is 8. The van der Waals surface area contributed by atoms with Crippen LogP contribution in [0.3, 0.4) is 0 Å². The number of anilines is 1. The maximum absolute atomic E-state index is 13.4. The van der Waals surface area contributed by atoms with Gasteiger partial charge in [-0.25, -0.2) is 13.1 Å². The van der Waals surface area contributed by atoms with Gasteiger partial charge in [0.25, 0.3) is 0 Å². The van der Waals surface area contributed by atoms with Crippen molar-refractivity contribution in [2.24, 2.45) is 5.92 Å². The van der Waals surface area contributed by atoms with E-state index in [1.54, 1.807) is 36.8 Å². The van der Waals surface area contributed by atoms with E-state index in [0.29, 0.717) is 36.4 Å². The number of nitrogens with zero attached hydrogens (tertiary/aromatic N) is 2. The summed E-state index contributed by atoms with van der Waals surface area (Å²) in [6.07, 6.45) is 8.52. The fraction of sp³-hybridized carbons (Fsp3) is 0.429. The quantitative estimate of drug-likeness (QED) is 0.358. The second-order valence-electron chi connectivity index (χ2n) is 11.0. The molecule has 0 saturated heterocycles. The third-order valence-electron chi connectivity index (χ3n) is 7.66. The minimum Gasteiger partial charge on any atom is -0.372 e. The van der Waals surface area contributed by atoms with Crippen molar-refractivity contribution in [3.63, 3.8) is 0 Å². The molecule has 9 nitrogen and oxygen atoms in total. The predicted octanol–water partition coefficient (Wildman–Crippen LogP) is 3.02. The van der Waals surface area contributed by atoms with Crippen LogP contribution < -0.4 is 15.4 Å².